The number of likely N-dealkylation sites (N-methyl/N-ethyl adjacent to an activating group) is 1. The fraction of sp³-hybridized carbons (Fsp3) is 0.611. The van der Waals surface area contributed by atoms with Crippen LogP contribution >= 0.6 is 23.2 Å². The van der Waals surface area contributed by atoms with E-state index < -0.39 is 9.84 Å². The minimum atomic E-state index is -3.02. The van der Waals surface area contributed by atoms with Crippen LogP contribution in [-0.2, 0) is 14.6 Å². The first-order chi connectivity index (χ1) is 12.1. The second-order valence-electron chi connectivity index (χ2n) is 6.88. The molecule has 0 spiro atoms. The molecule has 1 heterocycles. The summed E-state index contributed by atoms with van der Waals surface area (Å²) in [5.74, 6) is 0.159. The molecule has 1 fully saturated rings. The zero-order valence-corrected chi connectivity index (χ0v) is 17.7. The average molecular weight is 421 g/mol. The molecule has 0 saturated carbocycles. The summed E-state index contributed by atoms with van der Waals surface area (Å²) < 4.78 is 23.3. The Morgan fingerprint density at radius 3 is 2.54 bits per heavy atom. The maximum Gasteiger partial charge on any atom is 0.236 e. The number of halogens is 2. The molecule has 2 atom stereocenters. The fourth-order valence-corrected chi connectivity index (χ4v) is 5.33. The first-order valence-electron chi connectivity index (χ1n) is 8.79. The summed E-state index contributed by atoms with van der Waals surface area (Å²) in [5.41, 5.74) is 0.992. The maximum absolute atomic E-state index is 12.7. The van der Waals surface area contributed by atoms with Crippen molar-refractivity contribution in [3.05, 3.63) is 33.8 Å². The van der Waals surface area contributed by atoms with Gasteiger partial charge < -0.3 is 4.90 Å². The highest BCUT2D eigenvalue weighted by Gasteiger charge is 2.33. The Morgan fingerprint density at radius 2 is 2.00 bits per heavy atom. The zero-order valence-electron chi connectivity index (χ0n) is 15.4. The second kappa shape index (κ2) is 8.91. The number of amides is 1. The Bertz CT molecular complexity index is 755. The standard InChI is InChI=1S/C18H26Cl2N2O3S/c1-4-8-22(13(2)14-5-6-16(19)17(20)10-14)11-18(23)21(3)15-7-9-26(24,25)12-15/h5-6,10,13,15H,4,7-9,11-12H2,1-3H3/t13-,15+/m0/s1. The van der Waals surface area contributed by atoms with Crippen molar-refractivity contribution in [2.24, 2.45) is 0 Å². The van der Waals surface area contributed by atoms with Gasteiger partial charge in [0.15, 0.2) is 9.84 Å². The van der Waals surface area contributed by atoms with Crippen LogP contribution in [-0.4, -0.2) is 61.8 Å². The van der Waals surface area contributed by atoms with Gasteiger partial charge in [-0.05, 0) is 44.0 Å². The smallest absolute Gasteiger partial charge is 0.236 e. The van der Waals surface area contributed by atoms with E-state index in [1.165, 1.54) is 0 Å². The third kappa shape index (κ3) is 5.35. The van der Waals surface area contributed by atoms with Crippen LogP contribution in [0.1, 0.15) is 38.3 Å². The van der Waals surface area contributed by atoms with Gasteiger partial charge in [-0.3, -0.25) is 9.69 Å². The van der Waals surface area contributed by atoms with Crippen molar-refractivity contribution in [2.75, 3.05) is 31.6 Å². The third-order valence-corrected chi connectivity index (χ3v) is 7.46. The van der Waals surface area contributed by atoms with Crippen molar-refractivity contribution in [1.29, 1.82) is 0 Å². The largest absolute Gasteiger partial charge is 0.341 e. The Labute approximate surface area is 166 Å². The topological polar surface area (TPSA) is 57.7 Å². The van der Waals surface area contributed by atoms with Gasteiger partial charge in [-0.25, -0.2) is 8.42 Å². The molecule has 1 aromatic rings. The Kier molecular flexibility index (Phi) is 7.36. The monoisotopic (exact) mass is 420 g/mol. The number of nitrogens with zero attached hydrogens (tertiary/aromatic N) is 2. The predicted octanol–water partition coefficient (Wildman–Crippen LogP) is 3.41. The summed E-state index contributed by atoms with van der Waals surface area (Å²) in [6, 6.07) is 5.27. The quantitative estimate of drug-likeness (QED) is 0.677. The average Bonchev–Trinajstić information content (AvgIpc) is 2.95. The SMILES string of the molecule is CCCN(CC(=O)N(C)[C@@H]1CCS(=O)(=O)C1)[C@@H](C)c1ccc(Cl)c(Cl)c1. The summed E-state index contributed by atoms with van der Waals surface area (Å²) >= 11 is 12.1. The van der Waals surface area contributed by atoms with Gasteiger partial charge >= 0.3 is 0 Å². The number of rotatable bonds is 7. The van der Waals surface area contributed by atoms with Crippen LogP contribution in [0.4, 0.5) is 0 Å². The first-order valence-corrected chi connectivity index (χ1v) is 11.4. The predicted molar refractivity (Wildman–Crippen MR) is 107 cm³/mol. The summed E-state index contributed by atoms with van der Waals surface area (Å²) in [5, 5.41) is 0.995. The van der Waals surface area contributed by atoms with Crippen molar-refractivity contribution in [3.8, 4) is 0 Å². The van der Waals surface area contributed by atoms with Crippen LogP contribution in [0.2, 0.25) is 10.0 Å². The molecule has 1 aromatic carbocycles. The summed E-state index contributed by atoms with van der Waals surface area (Å²) in [7, 11) is -1.32. The lowest BCUT2D eigenvalue weighted by molar-refractivity contribution is -0.133. The van der Waals surface area contributed by atoms with E-state index in [0.29, 0.717) is 16.5 Å². The van der Waals surface area contributed by atoms with E-state index in [1.807, 2.05) is 19.1 Å². The Hall–Kier alpha value is -0.820. The number of carbonyl (C=O) groups is 1. The van der Waals surface area contributed by atoms with Gasteiger partial charge in [-0.2, -0.15) is 0 Å². The molecule has 146 valence electrons. The first kappa shape index (κ1) is 21.5. The highest BCUT2D eigenvalue weighted by atomic mass is 35.5. The summed E-state index contributed by atoms with van der Waals surface area (Å²) in [6.07, 6.45) is 1.42. The molecule has 2 rings (SSSR count). The molecule has 0 unspecified atom stereocenters. The molecule has 5 nitrogen and oxygen atoms in total. The van der Waals surface area contributed by atoms with E-state index in [9.17, 15) is 13.2 Å². The number of carbonyl (C=O) groups excluding carboxylic acids is 1. The fourth-order valence-electron chi connectivity index (χ4n) is 3.25. The number of hydrogen-bond acceptors (Lipinski definition) is 4. The van der Waals surface area contributed by atoms with Gasteiger partial charge in [-0.1, -0.05) is 36.2 Å². The lowest BCUT2D eigenvalue weighted by atomic mass is 10.1. The van der Waals surface area contributed by atoms with Crippen LogP contribution in [0.5, 0.6) is 0 Å². The molecule has 0 bridgehead atoms. The lowest BCUT2D eigenvalue weighted by Crippen LogP contribution is -2.44. The van der Waals surface area contributed by atoms with Crippen LogP contribution < -0.4 is 0 Å². The lowest BCUT2D eigenvalue weighted by Gasteiger charge is -2.32. The molecule has 1 saturated heterocycles. The Balaban J connectivity index is 2.08. The summed E-state index contributed by atoms with van der Waals surface area (Å²) in [6.45, 7) is 5.08. The molecule has 8 heteroatoms. The number of sulfone groups is 1. The molecule has 0 N–H and O–H groups in total. The van der Waals surface area contributed by atoms with Crippen molar-refractivity contribution >= 4 is 38.9 Å². The van der Waals surface area contributed by atoms with Crippen LogP contribution in [0.3, 0.4) is 0 Å². The van der Waals surface area contributed by atoms with Gasteiger partial charge in [0.1, 0.15) is 0 Å². The molecule has 0 aliphatic carbocycles. The maximum atomic E-state index is 12.7. The van der Waals surface area contributed by atoms with Crippen molar-refractivity contribution in [2.45, 2.75) is 38.8 Å². The highest BCUT2D eigenvalue weighted by Crippen LogP contribution is 2.28. The second-order valence-corrected chi connectivity index (χ2v) is 9.92. The molecule has 0 aromatic heterocycles. The zero-order chi connectivity index (χ0) is 19.5. The van der Waals surface area contributed by atoms with Crippen molar-refractivity contribution in [1.82, 2.24) is 9.80 Å². The van der Waals surface area contributed by atoms with Gasteiger partial charge in [0.05, 0.1) is 28.1 Å². The van der Waals surface area contributed by atoms with E-state index >= 15 is 0 Å². The number of benzene rings is 1. The van der Waals surface area contributed by atoms with Crippen molar-refractivity contribution < 1.29 is 13.2 Å². The van der Waals surface area contributed by atoms with Gasteiger partial charge in [0, 0.05) is 19.1 Å². The molecule has 0 radical (unpaired) electrons. The minimum absolute atomic E-state index is 0.00521. The van der Waals surface area contributed by atoms with E-state index in [2.05, 4.69) is 11.8 Å². The van der Waals surface area contributed by atoms with Crippen molar-refractivity contribution in [3.63, 3.8) is 0 Å². The summed E-state index contributed by atoms with van der Waals surface area (Å²) in [4.78, 5) is 16.4. The minimum Gasteiger partial charge on any atom is -0.341 e. The molecule has 1 aliphatic heterocycles. The van der Waals surface area contributed by atoms with Crippen LogP contribution in [0.25, 0.3) is 0 Å². The van der Waals surface area contributed by atoms with Gasteiger partial charge in [-0.15, -0.1) is 0 Å². The normalized spacial score (nSPS) is 20.3. The van der Waals surface area contributed by atoms with Crippen LogP contribution in [0, 0.1) is 0 Å². The molecule has 26 heavy (non-hydrogen) atoms. The highest BCUT2D eigenvalue weighted by molar-refractivity contribution is 7.91. The van der Waals surface area contributed by atoms with E-state index in [4.69, 9.17) is 23.2 Å². The van der Waals surface area contributed by atoms with Gasteiger partial charge in [0.2, 0.25) is 5.91 Å². The Morgan fingerprint density at radius 1 is 1.31 bits per heavy atom. The van der Waals surface area contributed by atoms with Gasteiger partial charge in [0.25, 0.3) is 0 Å². The van der Waals surface area contributed by atoms with E-state index in [-0.39, 0.29) is 36.0 Å². The van der Waals surface area contributed by atoms with E-state index in [0.717, 1.165) is 18.5 Å². The van der Waals surface area contributed by atoms with Crippen LogP contribution in [0.15, 0.2) is 18.2 Å². The molecular formula is C18H26Cl2N2O3S. The molecular weight excluding hydrogens is 395 g/mol. The molecule has 1 aliphatic rings. The van der Waals surface area contributed by atoms with E-state index in [1.54, 1.807) is 18.0 Å². The number of hydrogen-bond donors (Lipinski definition) is 0. The third-order valence-electron chi connectivity index (χ3n) is 4.97. The molecule has 1 amide bonds.